The summed E-state index contributed by atoms with van der Waals surface area (Å²) in [5.74, 6) is 0.263. The second kappa shape index (κ2) is 8.13. The van der Waals surface area contributed by atoms with Crippen molar-refractivity contribution in [3.63, 3.8) is 0 Å². The first-order valence-electron chi connectivity index (χ1n) is 9.75. The van der Waals surface area contributed by atoms with E-state index < -0.39 is 0 Å². The van der Waals surface area contributed by atoms with E-state index >= 15 is 0 Å². The fraction of sp³-hybridized carbons (Fsp3) is 0.348. The number of hydrogen-bond donors (Lipinski definition) is 1. The molecule has 6 heteroatoms. The zero-order valence-corrected chi connectivity index (χ0v) is 17.4. The number of benzene rings is 2. The van der Waals surface area contributed by atoms with Crippen molar-refractivity contribution in [2.24, 2.45) is 0 Å². The van der Waals surface area contributed by atoms with E-state index in [0.29, 0.717) is 30.1 Å². The summed E-state index contributed by atoms with van der Waals surface area (Å²) in [6, 6.07) is 12.3. The predicted molar refractivity (Wildman–Crippen MR) is 113 cm³/mol. The van der Waals surface area contributed by atoms with Crippen LogP contribution in [0.5, 0.6) is 5.75 Å². The number of amides is 1. The minimum absolute atomic E-state index is 0.0654. The largest absolute Gasteiger partial charge is 0.489 e. The molecular weight excluding hydrogens is 389 g/mol. The molecule has 0 aliphatic carbocycles. The normalized spacial score (nSPS) is 16.0. The summed E-state index contributed by atoms with van der Waals surface area (Å²) in [6.45, 7) is 5.50. The van der Waals surface area contributed by atoms with Crippen LogP contribution in [-0.2, 0) is 11.3 Å². The van der Waals surface area contributed by atoms with Crippen LogP contribution in [0.3, 0.4) is 0 Å². The maximum atomic E-state index is 13.8. The Morgan fingerprint density at radius 1 is 1.24 bits per heavy atom. The van der Waals surface area contributed by atoms with Gasteiger partial charge in [-0.05, 0) is 51.0 Å². The Morgan fingerprint density at radius 2 is 2.00 bits per heavy atom. The first-order valence-corrected chi connectivity index (χ1v) is 10.6. The molecule has 0 spiro atoms. The number of ether oxygens (including phenoxy) is 2. The van der Waals surface area contributed by atoms with E-state index in [1.807, 2.05) is 25.1 Å². The highest BCUT2D eigenvalue weighted by Gasteiger charge is 2.30. The quantitative estimate of drug-likeness (QED) is 0.623. The van der Waals surface area contributed by atoms with Crippen LogP contribution in [-0.4, -0.2) is 24.7 Å². The molecule has 1 aromatic heterocycles. The molecule has 152 valence electrons. The van der Waals surface area contributed by atoms with E-state index in [-0.39, 0.29) is 23.9 Å². The number of halogens is 1. The molecule has 2 heterocycles. The highest BCUT2D eigenvalue weighted by atomic mass is 32.1. The molecule has 0 bridgehead atoms. The molecule has 1 saturated heterocycles. The lowest BCUT2D eigenvalue weighted by atomic mass is 9.92. The molecule has 4 rings (SSSR count). The second-order valence-electron chi connectivity index (χ2n) is 7.70. The van der Waals surface area contributed by atoms with Gasteiger partial charge in [-0.15, -0.1) is 11.3 Å². The van der Waals surface area contributed by atoms with Crippen molar-refractivity contribution in [3.8, 4) is 5.75 Å². The van der Waals surface area contributed by atoms with Crippen molar-refractivity contribution in [1.82, 2.24) is 5.32 Å². The van der Waals surface area contributed by atoms with Gasteiger partial charge in [0.05, 0.1) is 5.56 Å². The second-order valence-corrected chi connectivity index (χ2v) is 8.95. The van der Waals surface area contributed by atoms with Gasteiger partial charge in [0, 0.05) is 39.3 Å². The zero-order valence-electron chi connectivity index (χ0n) is 16.6. The highest BCUT2D eigenvalue weighted by Crippen LogP contribution is 2.34. The molecule has 0 radical (unpaired) electrons. The minimum atomic E-state index is -0.287. The van der Waals surface area contributed by atoms with Crippen LogP contribution in [0.2, 0.25) is 0 Å². The van der Waals surface area contributed by atoms with E-state index in [1.165, 1.54) is 6.07 Å². The third-order valence-electron chi connectivity index (χ3n) is 5.43. The van der Waals surface area contributed by atoms with Crippen LogP contribution < -0.4 is 10.1 Å². The molecule has 0 atom stereocenters. The van der Waals surface area contributed by atoms with Gasteiger partial charge in [-0.2, -0.15) is 0 Å². The van der Waals surface area contributed by atoms with Gasteiger partial charge in [0.1, 0.15) is 18.2 Å². The Morgan fingerprint density at radius 3 is 2.76 bits per heavy atom. The van der Waals surface area contributed by atoms with Crippen molar-refractivity contribution >= 4 is 27.3 Å². The summed E-state index contributed by atoms with van der Waals surface area (Å²) in [7, 11) is 0. The van der Waals surface area contributed by atoms with Crippen molar-refractivity contribution in [1.29, 1.82) is 0 Å². The number of rotatable bonds is 5. The maximum absolute atomic E-state index is 13.8. The summed E-state index contributed by atoms with van der Waals surface area (Å²) >= 11 is 1.59. The first-order chi connectivity index (χ1) is 14.0. The maximum Gasteiger partial charge on any atom is 0.253 e. The lowest BCUT2D eigenvalue weighted by Gasteiger charge is -2.34. The Balaban J connectivity index is 1.57. The van der Waals surface area contributed by atoms with Crippen molar-refractivity contribution in [2.45, 2.75) is 38.8 Å². The van der Waals surface area contributed by atoms with E-state index in [1.54, 1.807) is 29.5 Å². The average Bonchev–Trinajstić information content (AvgIpc) is 3.02. The number of nitrogens with one attached hydrogen (secondary N) is 1. The molecule has 2 aromatic carbocycles. The van der Waals surface area contributed by atoms with E-state index in [0.717, 1.165) is 27.8 Å². The van der Waals surface area contributed by atoms with Gasteiger partial charge in [-0.1, -0.05) is 18.2 Å². The van der Waals surface area contributed by atoms with Gasteiger partial charge in [0.15, 0.2) is 0 Å². The molecule has 3 aromatic rings. The number of aryl methyl sites for hydroxylation is 1. The molecule has 1 fully saturated rings. The standard InChI is InChI=1S/C23H24FNO3S/c1-15-21(22(26)25-23(2)9-11-27-12-10-23)18-13-17(7-8-20(18)29-15)28-14-16-5-3-4-6-19(16)24/h3-8,13H,9-12,14H2,1-2H3,(H,25,26). The third kappa shape index (κ3) is 4.28. The summed E-state index contributed by atoms with van der Waals surface area (Å²) in [5, 5.41) is 4.08. The van der Waals surface area contributed by atoms with E-state index in [9.17, 15) is 9.18 Å². The van der Waals surface area contributed by atoms with Gasteiger partial charge in [0.2, 0.25) is 0 Å². The molecular formula is C23H24FNO3S. The number of fused-ring (bicyclic) bond motifs is 1. The molecule has 1 aliphatic rings. The van der Waals surface area contributed by atoms with Gasteiger partial charge in [-0.25, -0.2) is 4.39 Å². The average molecular weight is 414 g/mol. The number of hydrogen-bond acceptors (Lipinski definition) is 4. The Bertz CT molecular complexity index is 1040. The van der Waals surface area contributed by atoms with Crippen LogP contribution in [0.1, 0.15) is 40.6 Å². The minimum Gasteiger partial charge on any atom is -0.489 e. The number of carbonyl (C=O) groups is 1. The molecule has 0 saturated carbocycles. The summed E-state index contributed by atoms with van der Waals surface area (Å²) in [4.78, 5) is 14.1. The molecule has 1 N–H and O–H groups in total. The van der Waals surface area contributed by atoms with Crippen molar-refractivity contribution in [2.75, 3.05) is 13.2 Å². The molecule has 29 heavy (non-hydrogen) atoms. The Kier molecular flexibility index (Phi) is 5.56. The van der Waals surface area contributed by atoms with Crippen LogP contribution in [0.25, 0.3) is 10.1 Å². The number of carbonyl (C=O) groups excluding carboxylic acids is 1. The van der Waals surface area contributed by atoms with Crippen LogP contribution in [0.15, 0.2) is 42.5 Å². The van der Waals surface area contributed by atoms with Crippen molar-refractivity contribution in [3.05, 3.63) is 64.3 Å². The smallest absolute Gasteiger partial charge is 0.253 e. The summed E-state index contributed by atoms with van der Waals surface area (Å²) in [5.41, 5.74) is 0.934. The fourth-order valence-electron chi connectivity index (χ4n) is 3.63. The van der Waals surface area contributed by atoms with Crippen LogP contribution in [0, 0.1) is 12.7 Å². The summed E-state index contributed by atoms with van der Waals surface area (Å²) in [6.07, 6.45) is 1.60. The molecule has 1 aliphatic heterocycles. The topological polar surface area (TPSA) is 47.6 Å². The molecule has 4 nitrogen and oxygen atoms in total. The lowest BCUT2D eigenvalue weighted by Crippen LogP contribution is -2.49. The highest BCUT2D eigenvalue weighted by molar-refractivity contribution is 7.19. The van der Waals surface area contributed by atoms with Crippen molar-refractivity contribution < 1.29 is 18.7 Å². The predicted octanol–water partition coefficient (Wildman–Crippen LogP) is 5.23. The van der Waals surface area contributed by atoms with E-state index in [2.05, 4.69) is 12.2 Å². The van der Waals surface area contributed by atoms with Crippen LogP contribution >= 0.6 is 11.3 Å². The molecule has 0 unspecified atom stereocenters. The SMILES string of the molecule is Cc1sc2ccc(OCc3ccccc3F)cc2c1C(=O)NC1(C)CCOCC1. The monoisotopic (exact) mass is 413 g/mol. The zero-order chi connectivity index (χ0) is 20.4. The number of thiophene rings is 1. The van der Waals surface area contributed by atoms with Crippen LogP contribution in [0.4, 0.5) is 4.39 Å². The first kappa shape index (κ1) is 19.9. The summed E-state index contributed by atoms with van der Waals surface area (Å²) < 4.78 is 26.1. The van der Waals surface area contributed by atoms with Gasteiger partial charge >= 0.3 is 0 Å². The Hall–Kier alpha value is -2.44. The van der Waals surface area contributed by atoms with E-state index in [4.69, 9.17) is 9.47 Å². The van der Waals surface area contributed by atoms with Gasteiger partial charge in [0.25, 0.3) is 5.91 Å². The fourth-order valence-corrected chi connectivity index (χ4v) is 4.67. The Labute approximate surface area is 173 Å². The van der Waals surface area contributed by atoms with Gasteiger partial charge < -0.3 is 14.8 Å². The third-order valence-corrected chi connectivity index (χ3v) is 6.51. The van der Waals surface area contributed by atoms with Gasteiger partial charge in [-0.3, -0.25) is 4.79 Å². The lowest BCUT2D eigenvalue weighted by molar-refractivity contribution is 0.0423. The molecule has 1 amide bonds.